The molecule has 0 saturated carbocycles. The fraction of sp³-hybridized carbons (Fsp3) is 0.370. The number of morpholine rings is 1. The number of aliphatic hydroxyl groups is 1. The van der Waals surface area contributed by atoms with Crippen molar-refractivity contribution >= 4 is 17.5 Å². The van der Waals surface area contributed by atoms with Gasteiger partial charge in [-0.25, -0.2) is 0 Å². The number of likely N-dealkylation sites (N-methyl/N-ethyl adjacent to an activating group) is 1. The van der Waals surface area contributed by atoms with Crippen LogP contribution in [0, 0.1) is 11.8 Å². The number of benzene rings is 2. The van der Waals surface area contributed by atoms with Crippen molar-refractivity contribution < 1.29 is 24.2 Å². The SMILES string of the molecule is CCC(=O)C(C(=O)CO)N(C)C(=O)c1ccc(-c2ccc(C#CCN3CCOCC3)cc2)cc1. The van der Waals surface area contributed by atoms with Crippen molar-refractivity contribution in [2.24, 2.45) is 0 Å². The molecular formula is C27H30N2O5. The molecule has 1 atom stereocenters. The minimum Gasteiger partial charge on any atom is -0.388 e. The summed E-state index contributed by atoms with van der Waals surface area (Å²) >= 11 is 0. The predicted molar refractivity (Wildman–Crippen MR) is 129 cm³/mol. The van der Waals surface area contributed by atoms with Gasteiger partial charge in [0.15, 0.2) is 17.6 Å². The molecule has 1 amide bonds. The third-order valence-corrected chi connectivity index (χ3v) is 5.81. The number of hydrogen-bond donors (Lipinski definition) is 1. The molecule has 1 aliphatic rings. The van der Waals surface area contributed by atoms with Crippen molar-refractivity contribution in [3.8, 4) is 23.0 Å². The topological polar surface area (TPSA) is 87.2 Å². The summed E-state index contributed by atoms with van der Waals surface area (Å²) in [5.41, 5.74) is 3.21. The summed E-state index contributed by atoms with van der Waals surface area (Å²) in [6.07, 6.45) is 0.0978. The molecule has 0 aliphatic carbocycles. The number of carbonyl (C=O) groups is 3. The van der Waals surface area contributed by atoms with Crippen LogP contribution in [0.2, 0.25) is 0 Å². The number of amides is 1. The summed E-state index contributed by atoms with van der Waals surface area (Å²) in [6.45, 7) is 4.90. The van der Waals surface area contributed by atoms with Gasteiger partial charge in [-0.15, -0.1) is 0 Å². The Morgan fingerprint density at radius 2 is 1.59 bits per heavy atom. The second-order valence-electron chi connectivity index (χ2n) is 8.11. The first kappa shape index (κ1) is 25.3. The van der Waals surface area contributed by atoms with E-state index in [2.05, 4.69) is 16.7 Å². The van der Waals surface area contributed by atoms with Crippen LogP contribution in [0.25, 0.3) is 11.1 Å². The second kappa shape index (κ2) is 12.2. The molecule has 7 heteroatoms. The maximum absolute atomic E-state index is 12.8. The van der Waals surface area contributed by atoms with Gasteiger partial charge < -0.3 is 14.7 Å². The van der Waals surface area contributed by atoms with Crippen LogP contribution in [0.3, 0.4) is 0 Å². The third-order valence-electron chi connectivity index (χ3n) is 5.81. The Morgan fingerprint density at radius 1 is 1.00 bits per heavy atom. The van der Waals surface area contributed by atoms with Crippen molar-refractivity contribution in [3.05, 3.63) is 59.7 Å². The molecule has 2 aromatic carbocycles. The zero-order chi connectivity index (χ0) is 24.5. The molecule has 1 fully saturated rings. The van der Waals surface area contributed by atoms with E-state index < -0.39 is 30.1 Å². The van der Waals surface area contributed by atoms with Crippen LogP contribution in [0.4, 0.5) is 0 Å². The fourth-order valence-electron chi connectivity index (χ4n) is 3.78. The van der Waals surface area contributed by atoms with Gasteiger partial charge in [0, 0.05) is 37.7 Å². The summed E-state index contributed by atoms with van der Waals surface area (Å²) in [5, 5.41) is 9.19. The monoisotopic (exact) mass is 462 g/mol. The van der Waals surface area contributed by atoms with Gasteiger partial charge in [0.1, 0.15) is 6.61 Å². The lowest BCUT2D eigenvalue weighted by Gasteiger charge is -2.25. The van der Waals surface area contributed by atoms with Crippen LogP contribution in [-0.4, -0.2) is 84.9 Å². The molecule has 1 saturated heterocycles. The molecular weight excluding hydrogens is 432 g/mol. The van der Waals surface area contributed by atoms with Gasteiger partial charge in [0.05, 0.1) is 19.8 Å². The molecule has 3 rings (SSSR count). The van der Waals surface area contributed by atoms with Gasteiger partial charge in [-0.2, -0.15) is 0 Å². The number of rotatable bonds is 8. The maximum Gasteiger partial charge on any atom is 0.254 e. The molecule has 7 nitrogen and oxygen atoms in total. The molecule has 178 valence electrons. The molecule has 0 bridgehead atoms. The summed E-state index contributed by atoms with van der Waals surface area (Å²) in [4.78, 5) is 40.4. The van der Waals surface area contributed by atoms with Crippen LogP contribution < -0.4 is 0 Å². The van der Waals surface area contributed by atoms with Crippen LogP contribution in [-0.2, 0) is 14.3 Å². The molecule has 0 radical (unpaired) electrons. The Morgan fingerprint density at radius 3 is 2.15 bits per heavy atom. The van der Waals surface area contributed by atoms with Crippen LogP contribution in [0.15, 0.2) is 48.5 Å². The fourth-order valence-corrected chi connectivity index (χ4v) is 3.78. The second-order valence-corrected chi connectivity index (χ2v) is 8.11. The Labute approximate surface area is 200 Å². The predicted octanol–water partition coefficient (Wildman–Crippen LogP) is 2.02. The highest BCUT2D eigenvalue weighted by molar-refractivity contribution is 6.10. The quantitative estimate of drug-likeness (QED) is 0.477. The number of ether oxygens (including phenoxy) is 1. The van der Waals surface area contributed by atoms with E-state index in [0.717, 1.165) is 54.4 Å². The van der Waals surface area contributed by atoms with E-state index in [1.807, 2.05) is 36.4 Å². The molecule has 2 aromatic rings. The third kappa shape index (κ3) is 6.39. The van der Waals surface area contributed by atoms with Crippen LogP contribution >= 0.6 is 0 Å². The van der Waals surface area contributed by atoms with E-state index in [4.69, 9.17) is 4.74 Å². The Bertz CT molecular complexity index is 1040. The van der Waals surface area contributed by atoms with E-state index in [1.165, 1.54) is 7.05 Å². The first-order valence-corrected chi connectivity index (χ1v) is 11.4. The van der Waals surface area contributed by atoms with E-state index in [0.29, 0.717) is 5.56 Å². The lowest BCUT2D eigenvalue weighted by molar-refractivity contribution is -0.134. The first-order chi connectivity index (χ1) is 16.4. The molecule has 0 aromatic heterocycles. The number of nitrogens with zero attached hydrogens (tertiary/aromatic N) is 2. The van der Waals surface area contributed by atoms with E-state index >= 15 is 0 Å². The van der Waals surface area contributed by atoms with E-state index in [9.17, 15) is 19.5 Å². The van der Waals surface area contributed by atoms with Gasteiger partial charge >= 0.3 is 0 Å². The van der Waals surface area contributed by atoms with Gasteiger partial charge in [0.25, 0.3) is 5.91 Å². The molecule has 1 N–H and O–H groups in total. The van der Waals surface area contributed by atoms with Crippen molar-refractivity contribution in [1.82, 2.24) is 9.80 Å². The van der Waals surface area contributed by atoms with Crippen molar-refractivity contribution in [3.63, 3.8) is 0 Å². The minimum absolute atomic E-state index is 0.0978. The average molecular weight is 463 g/mol. The number of carbonyl (C=O) groups excluding carboxylic acids is 3. The minimum atomic E-state index is -1.28. The Kier molecular flexibility index (Phi) is 9.11. The number of aliphatic hydroxyl groups excluding tert-OH is 1. The summed E-state index contributed by atoms with van der Waals surface area (Å²) < 4.78 is 5.34. The highest BCUT2D eigenvalue weighted by atomic mass is 16.5. The molecule has 34 heavy (non-hydrogen) atoms. The van der Waals surface area contributed by atoms with Crippen molar-refractivity contribution in [2.45, 2.75) is 19.4 Å². The highest BCUT2D eigenvalue weighted by Crippen LogP contribution is 2.21. The van der Waals surface area contributed by atoms with Crippen molar-refractivity contribution in [1.29, 1.82) is 0 Å². The van der Waals surface area contributed by atoms with E-state index in [-0.39, 0.29) is 6.42 Å². The van der Waals surface area contributed by atoms with Gasteiger partial charge in [0.2, 0.25) is 0 Å². The van der Waals surface area contributed by atoms with Gasteiger partial charge in [-0.3, -0.25) is 19.3 Å². The number of Topliss-reactive ketones (excluding diaryl/α,β-unsaturated/α-hetero) is 2. The summed E-state index contributed by atoms with van der Waals surface area (Å²) in [6, 6.07) is 13.6. The summed E-state index contributed by atoms with van der Waals surface area (Å²) in [5.74, 6) is 4.86. The maximum atomic E-state index is 12.8. The smallest absolute Gasteiger partial charge is 0.254 e. The summed E-state index contributed by atoms with van der Waals surface area (Å²) in [7, 11) is 1.40. The van der Waals surface area contributed by atoms with Crippen molar-refractivity contribution in [2.75, 3.05) is 46.5 Å². The molecule has 1 unspecified atom stereocenters. The molecule has 1 heterocycles. The molecule has 0 spiro atoms. The zero-order valence-electron chi connectivity index (χ0n) is 19.6. The Balaban J connectivity index is 1.66. The van der Waals surface area contributed by atoms with Crippen LogP contribution in [0.1, 0.15) is 29.3 Å². The Hall–Kier alpha value is -3.31. The van der Waals surface area contributed by atoms with Gasteiger partial charge in [-0.05, 0) is 35.4 Å². The lowest BCUT2D eigenvalue weighted by Crippen LogP contribution is -2.48. The highest BCUT2D eigenvalue weighted by Gasteiger charge is 2.32. The number of ketones is 2. The average Bonchev–Trinajstić information content (AvgIpc) is 2.89. The number of hydrogen-bond acceptors (Lipinski definition) is 6. The van der Waals surface area contributed by atoms with Gasteiger partial charge in [-0.1, -0.05) is 43.0 Å². The molecule has 1 aliphatic heterocycles. The van der Waals surface area contributed by atoms with E-state index in [1.54, 1.807) is 19.1 Å². The largest absolute Gasteiger partial charge is 0.388 e. The van der Waals surface area contributed by atoms with Crippen LogP contribution in [0.5, 0.6) is 0 Å². The standard InChI is InChI=1S/C27H30N2O5/c1-3-24(31)26(25(32)19-30)28(2)27(33)23-12-10-22(11-13-23)21-8-6-20(7-9-21)5-4-14-29-15-17-34-18-16-29/h6-13,26,30H,3,14-19H2,1-2H3. The lowest BCUT2D eigenvalue weighted by atomic mass is 10.0. The normalized spacial score (nSPS) is 14.6. The first-order valence-electron chi connectivity index (χ1n) is 11.4. The zero-order valence-corrected chi connectivity index (χ0v) is 19.6.